The lowest BCUT2D eigenvalue weighted by Gasteiger charge is -2.25. The topological polar surface area (TPSA) is 95.9 Å². The predicted molar refractivity (Wildman–Crippen MR) is 131 cm³/mol. The van der Waals surface area contributed by atoms with Crippen LogP contribution in [0.3, 0.4) is 0 Å². The van der Waals surface area contributed by atoms with Gasteiger partial charge in [-0.2, -0.15) is 0 Å². The highest BCUT2D eigenvalue weighted by Crippen LogP contribution is 2.44. The van der Waals surface area contributed by atoms with Gasteiger partial charge in [-0.1, -0.05) is 68.8 Å². The van der Waals surface area contributed by atoms with Gasteiger partial charge in [0.05, 0.1) is 6.42 Å². The van der Waals surface area contributed by atoms with E-state index in [9.17, 15) is 14.4 Å². The molecule has 1 aliphatic rings. The summed E-state index contributed by atoms with van der Waals surface area (Å²) in [6, 6.07) is 16.0. The SMILES string of the molecule is CCCC(CC(=O)N(CCC)CCC(=O)O)NC(=O)OCC1c2ccccc2-c2ccccc21. The number of alkyl carbamates (subject to hydrolysis) is 1. The molecule has 0 fully saturated rings. The van der Waals surface area contributed by atoms with Crippen molar-refractivity contribution >= 4 is 18.0 Å². The monoisotopic (exact) mass is 466 g/mol. The molecule has 1 aliphatic carbocycles. The first-order valence-corrected chi connectivity index (χ1v) is 12.1. The molecule has 1 atom stereocenters. The summed E-state index contributed by atoms with van der Waals surface area (Å²) >= 11 is 0. The number of aliphatic carboxylic acids is 1. The van der Waals surface area contributed by atoms with Crippen LogP contribution in [0.25, 0.3) is 11.1 Å². The Morgan fingerprint density at radius 3 is 2.15 bits per heavy atom. The molecule has 0 aromatic heterocycles. The van der Waals surface area contributed by atoms with Gasteiger partial charge in [-0.25, -0.2) is 4.79 Å². The Morgan fingerprint density at radius 1 is 0.971 bits per heavy atom. The van der Waals surface area contributed by atoms with Crippen molar-refractivity contribution in [2.45, 2.75) is 57.9 Å². The number of nitrogens with zero attached hydrogens (tertiary/aromatic N) is 1. The van der Waals surface area contributed by atoms with Crippen LogP contribution in [-0.2, 0) is 14.3 Å². The summed E-state index contributed by atoms with van der Waals surface area (Å²) in [6.07, 6.45) is 1.66. The number of carbonyl (C=O) groups is 3. The fraction of sp³-hybridized carbons (Fsp3) is 0.444. The Labute approximate surface area is 201 Å². The normalized spacial score (nSPS) is 13.0. The van der Waals surface area contributed by atoms with E-state index in [1.54, 1.807) is 4.90 Å². The van der Waals surface area contributed by atoms with Crippen molar-refractivity contribution in [3.8, 4) is 11.1 Å². The van der Waals surface area contributed by atoms with Crippen LogP contribution in [0.15, 0.2) is 48.5 Å². The zero-order valence-electron chi connectivity index (χ0n) is 20.0. The Kier molecular flexibility index (Phi) is 9.08. The minimum Gasteiger partial charge on any atom is -0.481 e. The Hall–Kier alpha value is -3.35. The van der Waals surface area contributed by atoms with Crippen molar-refractivity contribution in [2.24, 2.45) is 0 Å². The number of carboxylic acid groups (broad SMARTS) is 1. The van der Waals surface area contributed by atoms with E-state index in [-0.39, 0.29) is 43.9 Å². The first kappa shape index (κ1) is 25.3. The molecule has 3 rings (SSSR count). The molecule has 1 unspecified atom stereocenters. The van der Waals surface area contributed by atoms with Gasteiger partial charge in [-0.15, -0.1) is 0 Å². The van der Waals surface area contributed by atoms with Crippen LogP contribution in [0, 0.1) is 0 Å². The van der Waals surface area contributed by atoms with E-state index >= 15 is 0 Å². The summed E-state index contributed by atoms with van der Waals surface area (Å²) in [5.74, 6) is -1.11. The van der Waals surface area contributed by atoms with Crippen molar-refractivity contribution in [1.82, 2.24) is 10.2 Å². The number of nitrogens with one attached hydrogen (secondary N) is 1. The number of carbonyl (C=O) groups excluding carboxylic acids is 2. The third-order valence-electron chi connectivity index (χ3n) is 6.17. The van der Waals surface area contributed by atoms with Crippen LogP contribution >= 0.6 is 0 Å². The molecule has 182 valence electrons. The number of fused-ring (bicyclic) bond motifs is 3. The fourth-order valence-electron chi connectivity index (χ4n) is 4.58. The molecule has 2 aromatic rings. The minimum atomic E-state index is -0.934. The molecule has 0 saturated heterocycles. The highest BCUT2D eigenvalue weighted by Gasteiger charge is 2.29. The maximum atomic E-state index is 12.8. The third-order valence-corrected chi connectivity index (χ3v) is 6.17. The van der Waals surface area contributed by atoms with Gasteiger partial charge in [0.15, 0.2) is 0 Å². The largest absolute Gasteiger partial charge is 0.481 e. The molecule has 0 aliphatic heterocycles. The van der Waals surface area contributed by atoms with Crippen LogP contribution in [0.2, 0.25) is 0 Å². The second-order valence-corrected chi connectivity index (χ2v) is 8.68. The number of rotatable bonds is 12. The van der Waals surface area contributed by atoms with Gasteiger partial charge in [0.25, 0.3) is 0 Å². The van der Waals surface area contributed by atoms with E-state index in [0.29, 0.717) is 13.0 Å². The van der Waals surface area contributed by atoms with Crippen LogP contribution in [-0.4, -0.2) is 53.7 Å². The van der Waals surface area contributed by atoms with Crippen LogP contribution in [0.4, 0.5) is 4.79 Å². The number of amides is 2. The first-order valence-electron chi connectivity index (χ1n) is 12.1. The van der Waals surface area contributed by atoms with E-state index in [2.05, 4.69) is 29.6 Å². The van der Waals surface area contributed by atoms with E-state index < -0.39 is 12.1 Å². The standard InChI is InChI=1S/C27H34N2O5/c1-3-9-19(17-25(30)29(15-4-2)16-14-26(31)32)28-27(33)34-18-24-22-12-7-5-10-20(22)21-11-6-8-13-23(21)24/h5-8,10-13,19,24H,3-4,9,14-18H2,1-2H3,(H,28,33)(H,31,32). The molecule has 7 heteroatoms. The quantitative estimate of drug-likeness (QED) is 0.469. The summed E-state index contributed by atoms with van der Waals surface area (Å²) in [6.45, 7) is 4.82. The van der Waals surface area contributed by atoms with Gasteiger partial charge in [0.2, 0.25) is 5.91 Å². The zero-order valence-corrected chi connectivity index (χ0v) is 20.0. The molecule has 2 N–H and O–H groups in total. The van der Waals surface area contributed by atoms with Crippen LogP contribution < -0.4 is 5.32 Å². The van der Waals surface area contributed by atoms with Crippen molar-refractivity contribution in [2.75, 3.05) is 19.7 Å². The Bertz CT molecular complexity index is 961. The number of hydrogen-bond donors (Lipinski definition) is 2. The Balaban J connectivity index is 1.60. The molecular formula is C27H34N2O5. The molecular weight excluding hydrogens is 432 g/mol. The Morgan fingerprint density at radius 2 is 1.59 bits per heavy atom. The molecule has 34 heavy (non-hydrogen) atoms. The lowest BCUT2D eigenvalue weighted by atomic mass is 9.98. The summed E-state index contributed by atoms with van der Waals surface area (Å²) in [4.78, 5) is 37.9. The minimum absolute atomic E-state index is 0.0273. The van der Waals surface area contributed by atoms with Gasteiger partial charge >= 0.3 is 12.1 Å². The molecule has 7 nitrogen and oxygen atoms in total. The molecule has 0 radical (unpaired) electrons. The number of carboxylic acids is 1. The average Bonchev–Trinajstić information content (AvgIpc) is 3.14. The number of benzene rings is 2. The molecule has 0 bridgehead atoms. The summed E-state index contributed by atoms with van der Waals surface area (Å²) in [5, 5.41) is 11.8. The van der Waals surface area contributed by atoms with E-state index in [4.69, 9.17) is 9.84 Å². The summed E-state index contributed by atoms with van der Waals surface area (Å²) < 4.78 is 5.63. The van der Waals surface area contributed by atoms with Crippen LogP contribution in [0.1, 0.15) is 63.0 Å². The van der Waals surface area contributed by atoms with Gasteiger partial charge in [-0.05, 0) is 35.1 Å². The summed E-state index contributed by atoms with van der Waals surface area (Å²) in [5.41, 5.74) is 4.62. The van der Waals surface area contributed by atoms with Gasteiger partial charge in [0.1, 0.15) is 6.61 Å². The maximum Gasteiger partial charge on any atom is 0.407 e. The fourth-order valence-corrected chi connectivity index (χ4v) is 4.58. The second kappa shape index (κ2) is 12.2. The van der Waals surface area contributed by atoms with Crippen LogP contribution in [0.5, 0.6) is 0 Å². The molecule has 0 saturated carbocycles. The smallest absolute Gasteiger partial charge is 0.407 e. The highest BCUT2D eigenvalue weighted by molar-refractivity contribution is 5.80. The number of hydrogen-bond acceptors (Lipinski definition) is 4. The van der Waals surface area contributed by atoms with Crippen molar-refractivity contribution in [1.29, 1.82) is 0 Å². The molecule has 2 aromatic carbocycles. The molecule has 0 spiro atoms. The number of ether oxygens (including phenoxy) is 1. The summed E-state index contributed by atoms with van der Waals surface area (Å²) in [7, 11) is 0. The van der Waals surface area contributed by atoms with Gasteiger partial charge in [0, 0.05) is 31.5 Å². The van der Waals surface area contributed by atoms with Gasteiger partial charge in [-0.3, -0.25) is 9.59 Å². The van der Waals surface area contributed by atoms with Crippen molar-refractivity contribution in [3.63, 3.8) is 0 Å². The van der Waals surface area contributed by atoms with Gasteiger partial charge < -0.3 is 20.1 Å². The third kappa shape index (κ3) is 6.37. The second-order valence-electron chi connectivity index (χ2n) is 8.68. The lowest BCUT2D eigenvalue weighted by Crippen LogP contribution is -2.42. The van der Waals surface area contributed by atoms with Crippen molar-refractivity contribution < 1.29 is 24.2 Å². The maximum absolute atomic E-state index is 12.8. The first-order chi connectivity index (χ1) is 16.4. The van der Waals surface area contributed by atoms with E-state index in [1.807, 2.05) is 38.1 Å². The molecule has 0 heterocycles. The average molecular weight is 467 g/mol. The predicted octanol–water partition coefficient (Wildman–Crippen LogP) is 4.80. The van der Waals surface area contributed by atoms with Crippen molar-refractivity contribution in [3.05, 3.63) is 59.7 Å². The molecule has 2 amide bonds. The lowest BCUT2D eigenvalue weighted by molar-refractivity contribution is -0.138. The van der Waals surface area contributed by atoms with E-state index in [0.717, 1.165) is 24.0 Å². The zero-order chi connectivity index (χ0) is 24.5. The van der Waals surface area contributed by atoms with E-state index in [1.165, 1.54) is 11.1 Å². The highest BCUT2D eigenvalue weighted by atomic mass is 16.5.